The SMILES string of the molecule is COCC1CCN(CC(F)F)c2nc(OC[C@@]34CCCN3C[C@H](F)C4)nc3c(F)c(-c4ccc(F)c5sc(N)c(C#N)c45)c(Cl)c(c23)O1. The summed E-state index contributed by atoms with van der Waals surface area (Å²) in [5.74, 6) is -1.84. The zero-order valence-electron chi connectivity index (χ0n) is 25.7. The Kier molecular flexibility index (Phi) is 8.64. The number of hydrogen-bond donors (Lipinski definition) is 1. The highest BCUT2D eigenvalue weighted by atomic mass is 35.5. The Morgan fingerprint density at radius 1 is 1.25 bits per heavy atom. The number of thiophene rings is 1. The first-order chi connectivity index (χ1) is 23.0. The van der Waals surface area contributed by atoms with Crippen LogP contribution in [0.25, 0.3) is 32.1 Å². The molecule has 0 aliphatic carbocycles. The first-order valence-electron chi connectivity index (χ1n) is 15.4. The van der Waals surface area contributed by atoms with E-state index in [1.165, 1.54) is 18.1 Å². The van der Waals surface area contributed by atoms with Gasteiger partial charge in [-0.2, -0.15) is 15.2 Å². The van der Waals surface area contributed by atoms with E-state index in [4.69, 9.17) is 31.5 Å². The van der Waals surface area contributed by atoms with Gasteiger partial charge in [-0.15, -0.1) is 11.3 Å². The van der Waals surface area contributed by atoms with Gasteiger partial charge in [-0.3, -0.25) is 4.90 Å². The van der Waals surface area contributed by atoms with Crippen LogP contribution in [0.3, 0.4) is 0 Å². The highest BCUT2D eigenvalue weighted by Gasteiger charge is 2.49. The van der Waals surface area contributed by atoms with Crippen molar-refractivity contribution in [3.63, 3.8) is 0 Å². The van der Waals surface area contributed by atoms with Crippen LogP contribution in [0.5, 0.6) is 11.8 Å². The number of aromatic nitrogens is 2. The number of anilines is 2. The van der Waals surface area contributed by atoms with Crippen LogP contribution < -0.4 is 20.1 Å². The summed E-state index contributed by atoms with van der Waals surface area (Å²) in [5, 5.41) is 9.67. The van der Waals surface area contributed by atoms with Gasteiger partial charge in [0, 0.05) is 44.0 Å². The predicted molar refractivity (Wildman–Crippen MR) is 172 cm³/mol. The third-order valence-corrected chi connectivity index (χ3v) is 10.8. The minimum atomic E-state index is -2.78. The van der Waals surface area contributed by atoms with Crippen molar-refractivity contribution in [2.45, 2.75) is 49.9 Å². The molecule has 2 aromatic carbocycles. The molecule has 48 heavy (non-hydrogen) atoms. The molecule has 2 N–H and O–H groups in total. The van der Waals surface area contributed by atoms with E-state index in [2.05, 4.69) is 9.97 Å². The molecule has 5 heterocycles. The molecule has 7 rings (SSSR count). The molecule has 0 radical (unpaired) electrons. The van der Waals surface area contributed by atoms with Gasteiger partial charge in [-0.1, -0.05) is 17.7 Å². The number of ether oxygens (including phenoxy) is 3. The van der Waals surface area contributed by atoms with Crippen molar-refractivity contribution in [1.29, 1.82) is 5.26 Å². The van der Waals surface area contributed by atoms with Crippen LogP contribution >= 0.6 is 22.9 Å². The molecule has 0 amide bonds. The fourth-order valence-corrected chi connectivity index (χ4v) is 8.58. The molecule has 3 aliphatic heterocycles. The van der Waals surface area contributed by atoms with E-state index in [1.54, 1.807) is 0 Å². The van der Waals surface area contributed by atoms with Crippen molar-refractivity contribution in [3.8, 4) is 29.0 Å². The second-order valence-electron chi connectivity index (χ2n) is 12.3. The van der Waals surface area contributed by atoms with Crippen LogP contribution in [0.2, 0.25) is 5.02 Å². The van der Waals surface area contributed by atoms with Crippen LogP contribution in [-0.2, 0) is 4.74 Å². The number of hydrogen-bond acceptors (Lipinski definition) is 10. The van der Waals surface area contributed by atoms with E-state index in [9.17, 15) is 22.8 Å². The topological polar surface area (TPSA) is 110 Å². The summed E-state index contributed by atoms with van der Waals surface area (Å²) in [7, 11) is 1.45. The number of nitrogen functional groups attached to an aromatic ring is 1. The van der Waals surface area contributed by atoms with Crippen molar-refractivity contribution in [2.75, 3.05) is 57.1 Å². The molecule has 4 aromatic rings. The third-order valence-electron chi connectivity index (χ3n) is 9.39. The van der Waals surface area contributed by atoms with E-state index < -0.39 is 42.4 Å². The summed E-state index contributed by atoms with van der Waals surface area (Å²) in [6.45, 7) is 0.347. The molecule has 3 atom stereocenters. The zero-order valence-corrected chi connectivity index (χ0v) is 27.2. The molecule has 9 nitrogen and oxygen atoms in total. The Labute approximate surface area is 280 Å². The first kappa shape index (κ1) is 32.8. The Balaban J connectivity index is 1.48. The van der Waals surface area contributed by atoms with Gasteiger partial charge in [-0.05, 0) is 31.0 Å². The summed E-state index contributed by atoms with van der Waals surface area (Å²) >= 11 is 7.81. The van der Waals surface area contributed by atoms with Crippen LogP contribution in [-0.4, -0.2) is 85.6 Å². The summed E-state index contributed by atoms with van der Waals surface area (Å²) in [6.07, 6.45) is -2.50. The van der Waals surface area contributed by atoms with E-state index >= 15 is 4.39 Å². The highest BCUT2D eigenvalue weighted by Crippen LogP contribution is 2.51. The second-order valence-corrected chi connectivity index (χ2v) is 13.8. The molecule has 2 saturated heterocycles. The van der Waals surface area contributed by atoms with E-state index in [-0.39, 0.29) is 104 Å². The Morgan fingerprint density at radius 2 is 2.06 bits per heavy atom. The fourth-order valence-electron chi connectivity index (χ4n) is 7.31. The standard InChI is InChI=1S/C32H30ClF5N6O3S/c1-45-13-16-5-8-43(12-20(36)37)30-23-26(41-31(42-30)46-14-32-6-2-7-44(32)11-15(34)9-32)25(38)22(24(33)27(23)47-16)17-3-4-19(35)28-21(17)18(10-39)29(40)48-28/h3-4,15-16,20H,2,5-9,11-14,40H2,1H3/t15-,16?,32+/m1/s1. The molecular weight excluding hydrogens is 679 g/mol. The summed E-state index contributed by atoms with van der Waals surface area (Å²) in [6, 6.07) is 4.07. The lowest BCUT2D eigenvalue weighted by molar-refractivity contribution is 0.0761. The molecule has 16 heteroatoms. The number of rotatable bonds is 8. The monoisotopic (exact) mass is 708 g/mol. The van der Waals surface area contributed by atoms with Gasteiger partial charge < -0.3 is 24.8 Å². The van der Waals surface area contributed by atoms with E-state index in [1.807, 2.05) is 11.0 Å². The molecule has 2 aromatic heterocycles. The van der Waals surface area contributed by atoms with Crippen molar-refractivity contribution < 1.29 is 36.2 Å². The third kappa shape index (κ3) is 5.42. The molecule has 254 valence electrons. The van der Waals surface area contributed by atoms with Crippen LogP contribution in [0.15, 0.2) is 12.1 Å². The number of methoxy groups -OCH3 is 1. The van der Waals surface area contributed by atoms with E-state index in [0.29, 0.717) is 13.0 Å². The average Bonchev–Trinajstić information content (AvgIpc) is 3.69. The normalized spacial score (nSPS) is 22.6. The Hall–Kier alpha value is -3.71. The van der Waals surface area contributed by atoms with Gasteiger partial charge in [0.25, 0.3) is 6.43 Å². The van der Waals surface area contributed by atoms with Crippen molar-refractivity contribution in [3.05, 3.63) is 34.4 Å². The second kappa shape index (κ2) is 12.6. The summed E-state index contributed by atoms with van der Waals surface area (Å²) in [5.41, 5.74) is 4.85. The molecule has 2 fully saturated rings. The summed E-state index contributed by atoms with van der Waals surface area (Å²) < 4.78 is 92.4. The van der Waals surface area contributed by atoms with Gasteiger partial charge in [0.1, 0.15) is 47.1 Å². The van der Waals surface area contributed by atoms with Gasteiger partial charge in [-0.25, -0.2) is 22.0 Å². The molecule has 3 aliphatic rings. The maximum absolute atomic E-state index is 17.1. The summed E-state index contributed by atoms with van der Waals surface area (Å²) in [4.78, 5) is 12.3. The lowest BCUT2D eigenvalue weighted by atomic mass is 9.95. The number of halogens is 6. The number of nitriles is 1. The van der Waals surface area contributed by atoms with Gasteiger partial charge in [0.15, 0.2) is 11.6 Å². The maximum atomic E-state index is 17.1. The minimum absolute atomic E-state index is 0.00679. The number of benzene rings is 2. The lowest BCUT2D eigenvalue weighted by Gasteiger charge is -2.33. The highest BCUT2D eigenvalue weighted by molar-refractivity contribution is 7.23. The smallest absolute Gasteiger partial charge is 0.319 e. The predicted octanol–water partition coefficient (Wildman–Crippen LogP) is 6.72. The van der Waals surface area contributed by atoms with Crippen LogP contribution in [0, 0.1) is 23.0 Å². The maximum Gasteiger partial charge on any atom is 0.319 e. The Bertz CT molecular complexity index is 1960. The molecule has 0 spiro atoms. The van der Waals surface area contributed by atoms with Crippen molar-refractivity contribution >= 4 is 54.7 Å². The zero-order chi connectivity index (χ0) is 33.9. The van der Waals surface area contributed by atoms with Crippen LogP contribution in [0.4, 0.5) is 32.8 Å². The van der Waals surface area contributed by atoms with Crippen LogP contribution in [0.1, 0.15) is 31.2 Å². The lowest BCUT2D eigenvalue weighted by Crippen LogP contribution is -2.43. The van der Waals surface area contributed by atoms with E-state index in [0.717, 1.165) is 23.8 Å². The number of alkyl halides is 3. The fraction of sp³-hybridized carbons (Fsp3) is 0.469. The largest absolute Gasteiger partial charge is 0.486 e. The molecular formula is C32H30ClF5N6O3S. The van der Waals surface area contributed by atoms with Crippen molar-refractivity contribution in [1.82, 2.24) is 14.9 Å². The number of nitrogens with zero attached hydrogens (tertiary/aromatic N) is 5. The Morgan fingerprint density at radius 3 is 2.81 bits per heavy atom. The van der Waals surface area contributed by atoms with Gasteiger partial charge in [0.2, 0.25) is 0 Å². The number of nitrogens with two attached hydrogens (primary N) is 1. The number of fused-ring (bicyclic) bond motifs is 2. The van der Waals surface area contributed by atoms with Gasteiger partial charge in [0.05, 0.1) is 39.4 Å². The van der Waals surface area contributed by atoms with Gasteiger partial charge >= 0.3 is 6.01 Å². The van der Waals surface area contributed by atoms with Crippen molar-refractivity contribution in [2.24, 2.45) is 0 Å². The average molecular weight is 709 g/mol. The molecule has 1 unspecified atom stereocenters. The first-order valence-corrected chi connectivity index (χ1v) is 16.6. The minimum Gasteiger partial charge on any atom is -0.486 e. The quantitative estimate of drug-likeness (QED) is 0.200. The molecule has 0 saturated carbocycles. The molecule has 0 bridgehead atoms.